The van der Waals surface area contributed by atoms with E-state index in [1.165, 1.54) is 63.4 Å². The molecule has 3 aliphatic carbocycles. The molecule has 0 aliphatic heterocycles. The summed E-state index contributed by atoms with van der Waals surface area (Å²) in [5.41, 5.74) is 3.02. The molecule has 1 aromatic rings. The summed E-state index contributed by atoms with van der Waals surface area (Å²) >= 11 is 14.6. The van der Waals surface area contributed by atoms with Gasteiger partial charge in [0.25, 0.3) is 0 Å². The molecule has 3 saturated carbocycles. The van der Waals surface area contributed by atoms with E-state index in [9.17, 15) is 0 Å². The molecule has 0 heterocycles. The van der Waals surface area contributed by atoms with Crippen molar-refractivity contribution < 1.29 is 0 Å². The van der Waals surface area contributed by atoms with Crippen LogP contribution in [-0.4, -0.2) is 27.1 Å². The topological polar surface area (TPSA) is 0 Å². The monoisotopic (exact) mass is 396 g/mol. The summed E-state index contributed by atoms with van der Waals surface area (Å²) in [7, 11) is 0. The third-order valence-electron chi connectivity index (χ3n) is 7.13. The van der Waals surface area contributed by atoms with Gasteiger partial charge < -0.3 is 0 Å². The van der Waals surface area contributed by atoms with E-state index in [-0.39, 0.29) is 9.99 Å². The summed E-state index contributed by atoms with van der Waals surface area (Å²) in [6.07, 6.45) is 14.5. The average molecular weight is 397 g/mol. The fourth-order valence-electron chi connectivity index (χ4n) is 6.02. The summed E-state index contributed by atoms with van der Waals surface area (Å²) in [5, 5.41) is 0.156. The number of rotatable bonds is 4. The number of benzene rings is 1. The minimum absolute atomic E-state index is 0.156. The molecule has 3 fully saturated rings. The van der Waals surface area contributed by atoms with Crippen LogP contribution in [0.15, 0.2) is 30.3 Å². The van der Waals surface area contributed by atoms with Crippen molar-refractivity contribution >= 4 is 35.9 Å². The Morgan fingerprint density at radius 2 is 1.40 bits per heavy atom. The summed E-state index contributed by atoms with van der Waals surface area (Å²) < 4.78 is -0.158. The fraction of sp³-hybridized carbons (Fsp3) is 0.682. The van der Waals surface area contributed by atoms with E-state index >= 15 is 0 Å². The van der Waals surface area contributed by atoms with Gasteiger partial charge in [-0.05, 0) is 61.8 Å². The smallest absolute Gasteiger partial charge is 0.0806 e. The van der Waals surface area contributed by atoms with E-state index in [2.05, 4.69) is 36.1 Å². The highest BCUT2D eigenvalue weighted by molar-refractivity contribution is 7.79. The Bertz CT molecular complexity index is 609. The van der Waals surface area contributed by atoms with Crippen LogP contribution in [0.3, 0.4) is 0 Å². The van der Waals surface area contributed by atoms with Crippen LogP contribution in [0.5, 0.6) is 0 Å². The lowest BCUT2D eigenvalue weighted by Crippen LogP contribution is -2.37. The third-order valence-corrected chi connectivity index (χ3v) is 15.3. The third kappa shape index (κ3) is 3.15. The molecule has 2 atom stereocenters. The van der Waals surface area contributed by atoms with Crippen molar-refractivity contribution in [3.8, 4) is 0 Å². The molecule has 0 aromatic heterocycles. The number of hydrogen-bond donors (Lipinski definition) is 0. The van der Waals surface area contributed by atoms with E-state index in [0.29, 0.717) is 0 Å². The summed E-state index contributed by atoms with van der Waals surface area (Å²) in [4.78, 5) is 0. The molecule has 0 spiro atoms. The molecular formula is C22H31Cl2P. The van der Waals surface area contributed by atoms with Gasteiger partial charge in [0.2, 0.25) is 0 Å². The summed E-state index contributed by atoms with van der Waals surface area (Å²) in [6.45, 7) is -1.52. The molecule has 4 rings (SSSR count). The average Bonchev–Trinajstić information content (AvgIpc) is 3.38. The van der Waals surface area contributed by atoms with Crippen molar-refractivity contribution in [2.75, 3.05) is 0 Å². The van der Waals surface area contributed by atoms with Crippen LogP contribution in [0.4, 0.5) is 0 Å². The van der Waals surface area contributed by atoms with Crippen LogP contribution < -0.4 is 0 Å². The normalized spacial score (nSPS) is 31.7. The van der Waals surface area contributed by atoms with E-state index in [0.717, 1.165) is 24.2 Å². The molecular weight excluding hydrogens is 366 g/mol. The Morgan fingerprint density at radius 3 is 1.88 bits per heavy atom. The molecule has 2 unspecified atom stereocenters. The zero-order valence-electron chi connectivity index (χ0n) is 15.2. The highest BCUT2D eigenvalue weighted by atomic mass is 35.5. The first-order valence-electron chi connectivity index (χ1n) is 10.3. The van der Waals surface area contributed by atoms with E-state index in [1.54, 1.807) is 0 Å². The summed E-state index contributed by atoms with van der Waals surface area (Å²) in [6, 6.07) is 11.1. The van der Waals surface area contributed by atoms with Gasteiger partial charge in [0.15, 0.2) is 0 Å². The quantitative estimate of drug-likeness (QED) is 0.365. The second-order valence-electron chi connectivity index (χ2n) is 8.43. The lowest BCUT2D eigenvalue weighted by Gasteiger charge is -2.49. The van der Waals surface area contributed by atoms with Gasteiger partial charge in [-0.2, -0.15) is 0 Å². The molecule has 0 saturated heterocycles. The Hall–Kier alpha value is 0.100. The van der Waals surface area contributed by atoms with E-state index in [4.69, 9.17) is 23.2 Å². The molecule has 3 aliphatic rings. The Labute approximate surface area is 163 Å². The van der Waals surface area contributed by atoms with Crippen LogP contribution in [0.2, 0.25) is 0 Å². The van der Waals surface area contributed by atoms with Crippen molar-refractivity contribution in [1.82, 2.24) is 0 Å². The standard InChI is InChI=1S/C22H31Cl2P/c23-21-15-8-16-22(21,24)25(19-11-4-5-12-19,20-13-6-7-14-20)17-18-9-2-1-3-10-18/h1-3,9-10,17,19-21H,4-8,11-16H2. The van der Waals surface area contributed by atoms with Crippen LogP contribution >= 0.6 is 30.1 Å². The van der Waals surface area contributed by atoms with Crippen LogP contribution in [0.1, 0.15) is 76.2 Å². The van der Waals surface area contributed by atoms with Crippen molar-refractivity contribution in [3.63, 3.8) is 0 Å². The van der Waals surface area contributed by atoms with Gasteiger partial charge in [-0.3, -0.25) is 0 Å². The van der Waals surface area contributed by atoms with Gasteiger partial charge in [-0.25, -0.2) is 0 Å². The second-order valence-corrected chi connectivity index (χ2v) is 14.1. The molecule has 25 heavy (non-hydrogen) atoms. The minimum atomic E-state index is -1.52. The van der Waals surface area contributed by atoms with E-state index < -0.39 is 6.89 Å². The molecule has 3 heteroatoms. The van der Waals surface area contributed by atoms with Gasteiger partial charge in [-0.15, -0.1) is 23.2 Å². The number of hydrogen-bond acceptors (Lipinski definition) is 0. The highest BCUT2D eigenvalue weighted by Crippen LogP contribution is 2.77. The molecule has 1 aromatic carbocycles. The Morgan fingerprint density at radius 1 is 0.840 bits per heavy atom. The predicted molar refractivity (Wildman–Crippen MR) is 115 cm³/mol. The Balaban J connectivity index is 1.92. The van der Waals surface area contributed by atoms with Crippen LogP contribution in [-0.2, 0) is 0 Å². The molecule has 0 N–H and O–H groups in total. The van der Waals surface area contributed by atoms with Gasteiger partial charge in [0.1, 0.15) is 0 Å². The van der Waals surface area contributed by atoms with Crippen molar-refractivity contribution in [2.45, 2.75) is 91.9 Å². The van der Waals surface area contributed by atoms with Gasteiger partial charge in [0, 0.05) is 0 Å². The predicted octanol–water partition coefficient (Wildman–Crippen LogP) is 7.47. The van der Waals surface area contributed by atoms with Gasteiger partial charge >= 0.3 is 0 Å². The maximum absolute atomic E-state index is 7.64. The second kappa shape index (κ2) is 7.61. The first kappa shape index (κ1) is 18.5. The SMILES string of the molecule is ClC1CCCC1(Cl)P(=Cc1ccccc1)(C1CCCC1)C1CCCC1. The number of alkyl halides is 2. The van der Waals surface area contributed by atoms with Crippen molar-refractivity contribution in [3.05, 3.63) is 35.9 Å². The lowest BCUT2D eigenvalue weighted by molar-refractivity contribution is 0.737. The van der Waals surface area contributed by atoms with Crippen LogP contribution in [0, 0.1) is 0 Å². The molecule has 138 valence electrons. The molecule has 0 radical (unpaired) electrons. The highest BCUT2D eigenvalue weighted by Gasteiger charge is 2.56. The molecule has 0 amide bonds. The largest absolute Gasteiger partial charge is 0.121 e. The van der Waals surface area contributed by atoms with Crippen molar-refractivity contribution in [1.29, 1.82) is 0 Å². The van der Waals surface area contributed by atoms with Crippen LogP contribution in [0.25, 0.3) is 0 Å². The fourth-order valence-corrected chi connectivity index (χ4v) is 14.7. The lowest BCUT2D eigenvalue weighted by atomic mass is 10.2. The molecule has 0 nitrogen and oxygen atoms in total. The maximum atomic E-state index is 7.64. The van der Waals surface area contributed by atoms with E-state index in [1.807, 2.05) is 0 Å². The Kier molecular flexibility index (Phi) is 5.62. The first-order valence-corrected chi connectivity index (χ1v) is 13.1. The van der Waals surface area contributed by atoms with Gasteiger partial charge in [-0.1, -0.05) is 68.7 Å². The van der Waals surface area contributed by atoms with Crippen molar-refractivity contribution in [2.24, 2.45) is 0 Å². The zero-order chi connectivity index (χ0) is 17.3. The molecule has 0 bridgehead atoms. The zero-order valence-corrected chi connectivity index (χ0v) is 17.6. The first-order chi connectivity index (χ1) is 12.2. The minimum Gasteiger partial charge on any atom is -0.121 e. The van der Waals surface area contributed by atoms with Gasteiger partial charge in [0.05, 0.1) is 9.99 Å². The maximum Gasteiger partial charge on any atom is 0.0806 e. The number of halogens is 2. The summed E-state index contributed by atoms with van der Waals surface area (Å²) in [5.74, 6) is 2.71.